The van der Waals surface area contributed by atoms with E-state index in [0.29, 0.717) is 33.2 Å². The lowest BCUT2D eigenvalue weighted by molar-refractivity contribution is -0.137. The van der Waals surface area contributed by atoms with Crippen molar-refractivity contribution >= 4 is 58.5 Å². The summed E-state index contributed by atoms with van der Waals surface area (Å²) in [6, 6.07) is 22.9. The van der Waals surface area contributed by atoms with E-state index < -0.39 is 35.1 Å². The second-order valence-electron chi connectivity index (χ2n) is 9.49. The summed E-state index contributed by atoms with van der Waals surface area (Å²) in [6.07, 6.45) is -3.26. The van der Waals surface area contributed by atoms with E-state index >= 15 is 0 Å². The van der Waals surface area contributed by atoms with Gasteiger partial charge in [-0.15, -0.1) is 11.8 Å². The van der Waals surface area contributed by atoms with Gasteiger partial charge in [-0.2, -0.15) is 13.2 Å². The van der Waals surface area contributed by atoms with Crippen molar-refractivity contribution in [1.29, 1.82) is 0 Å². The van der Waals surface area contributed by atoms with Gasteiger partial charge in [-0.3, -0.25) is 14.4 Å². The summed E-state index contributed by atoms with van der Waals surface area (Å²) >= 11 is 6.76. The lowest BCUT2D eigenvalue weighted by Crippen LogP contribution is -2.30. The molecule has 0 aliphatic heterocycles. The molecule has 0 aliphatic rings. The fourth-order valence-corrected chi connectivity index (χ4v) is 5.03. The summed E-state index contributed by atoms with van der Waals surface area (Å²) in [5.74, 6) is -1.14. The third kappa shape index (κ3) is 9.29. The first-order chi connectivity index (χ1) is 22.0. The van der Waals surface area contributed by atoms with Crippen molar-refractivity contribution in [3.63, 3.8) is 0 Å². The van der Waals surface area contributed by atoms with Crippen molar-refractivity contribution in [3.05, 3.63) is 118 Å². The largest absolute Gasteiger partial charge is 0.497 e. The summed E-state index contributed by atoms with van der Waals surface area (Å²) in [6.45, 7) is 0. The SMILES string of the molecule is COc1ccc(OC)c(/C=C(/NC(=O)c2ccccc2)C(=O)Nc2cccc(SCC(=O)Nc3ccc(Cl)cc3C(F)(F)F)c2)c1. The lowest BCUT2D eigenvalue weighted by atomic mass is 10.1. The normalized spacial score (nSPS) is 11.4. The highest BCUT2D eigenvalue weighted by Crippen LogP contribution is 2.36. The van der Waals surface area contributed by atoms with E-state index in [1.165, 1.54) is 26.4 Å². The Morgan fingerprint density at radius 3 is 2.33 bits per heavy atom. The van der Waals surface area contributed by atoms with Gasteiger partial charge in [-0.05, 0) is 72.8 Å². The van der Waals surface area contributed by atoms with E-state index in [1.54, 1.807) is 72.8 Å². The molecule has 0 aliphatic carbocycles. The number of ether oxygens (including phenoxy) is 2. The quantitative estimate of drug-likeness (QED) is 0.113. The van der Waals surface area contributed by atoms with Gasteiger partial charge < -0.3 is 25.4 Å². The first-order valence-electron chi connectivity index (χ1n) is 13.5. The van der Waals surface area contributed by atoms with Crippen molar-refractivity contribution in [2.75, 3.05) is 30.6 Å². The Bertz CT molecular complexity index is 1770. The van der Waals surface area contributed by atoms with Gasteiger partial charge in [-0.25, -0.2) is 0 Å². The highest BCUT2D eigenvalue weighted by molar-refractivity contribution is 8.00. The summed E-state index contributed by atoms with van der Waals surface area (Å²) in [7, 11) is 2.96. The number of carbonyl (C=O) groups is 3. The Balaban J connectivity index is 1.51. The number of rotatable bonds is 11. The Kier molecular flexibility index (Phi) is 11.3. The maximum atomic E-state index is 13.5. The molecule has 0 spiro atoms. The van der Waals surface area contributed by atoms with Crippen LogP contribution >= 0.6 is 23.4 Å². The van der Waals surface area contributed by atoms with E-state index in [4.69, 9.17) is 21.1 Å². The summed E-state index contributed by atoms with van der Waals surface area (Å²) in [5, 5.41) is 7.55. The minimum atomic E-state index is -4.71. The zero-order valence-electron chi connectivity index (χ0n) is 24.4. The van der Waals surface area contributed by atoms with Crippen LogP contribution in [-0.2, 0) is 15.8 Å². The number of carbonyl (C=O) groups excluding carboxylic acids is 3. The number of halogens is 4. The number of benzene rings is 4. The van der Waals surface area contributed by atoms with Gasteiger partial charge >= 0.3 is 6.18 Å². The molecule has 0 saturated carbocycles. The van der Waals surface area contributed by atoms with Crippen LogP contribution in [0.4, 0.5) is 24.5 Å². The highest BCUT2D eigenvalue weighted by atomic mass is 35.5. The Morgan fingerprint density at radius 1 is 0.870 bits per heavy atom. The number of methoxy groups -OCH3 is 2. The maximum absolute atomic E-state index is 13.5. The first-order valence-corrected chi connectivity index (χ1v) is 14.8. The minimum absolute atomic E-state index is 0.0960. The van der Waals surface area contributed by atoms with Crippen molar-refractivity contribution in [2.24, 2.45) is 0 Å². The molecular formula is C33H27ClF3N3O5S. The minimum Gasteiger partial charge on any atom is -0.497 e. The molecule has 0 radical (unpaired) electrons. The van der Waals surface area contributed by atoms with Crippen LogP contribution < -0.4 is 25.4 Å². The van der Waals surface area contributed by atoms with Crippen LogP contribution in [0.3, 0.4) is 0 Å². The lowest BCUT2D eigenvalue weighted by Gasteiger charge is -2.14. The molecule has 13 heteroatoms. The fraction of sp³-hybridized carbons (Fsp3) is 0.121. The number of amides is 3. The molecule has 8 nitrogen and oxygen atoms in total. The number of nitrogens with one attached hydrogen (secondary N) is 3. The van der Waals surface area contributed by atoms with Gasteiger partial charge in [0.05, 0.1) is 31.2 Å². The van der Waals surface area contributed by atoms with Crippen LogP contribution in [0.1, 0.15) is 21.5 Å². The van der Waals surface area contributed by atoms with Crippen LogP contribution in [0.2, 0.25) is 5.02 Å². The van der Waals surface area contributed by atoms with Crippen molar-refractivity contribution in [3.8, 4) is 11.5 Å². The van der Waals surface area contributed by atoms with Crippen molar-refractivity contribution < 1.29 is 37.0 Å². The monoisotopic (exact) mass is 669 g/mol. The van der Waals surface area contributed by atoms with E-state index in [-0.39, 0.29) is 16.5 Å². The molecule has 238 valence electrons. The number of alkyl halides is 3. The molecule has 3 N–H and O–H groups in total. The maximum Gasteiger partial charge on any atom is 0.418 e. The molecule has 3 amide bonds. The number of thioether (sulfide) groups is 1. The third-order valence-electron chi connectivity index (χ3n) is 6.29. The van der Waals surface area contributed by atoms with Gasteiger partial charge in [0, 0.05) is 26.7 Å². The highest BCUT2D eigenvalue weighted by Gasteiger charge is 2.34. The Hall–Kier alpha value is -4.94. The zero-order valence-corrected chi connectivity index (χ0v) is 26.0. The topological polar surface area (TPSA) is 106 Å². The summed E-state index contributed by atoms with van der Waals surface area (Å²) < 4.78 is 50.9. The van der Waals surface area contributed by atoms with E-state index in [2.05, 4.69) is 16.0 Å². The van der Waals surface area contributed by atoms with Gasteiger partial charge in [0.15, 0.2) is 0 Å². The molecule has 0 saturated heterocycles. The molecule has 0 heterocycles. The number of anilines is 2. The molecular weight excluding hydrogens is 643 g/mol. The van der Waals surface area contributed by atoms with Crippen LogP contribution in [0.5, 0.6) is 11.5 Å². The average molecular weight is 670 g/mol. The van der Waals surface area contributed by atoms with E-state index in [1.807, 2.05) is 0 Å². The molecule has 4 aromatic carbocycles. The van der Waals surface area contributed by atoms with Crippen LogP contribution in [0.15, 0.2) is 102 Å². The van der Waals surface area contributed by atoms with Crippen LogP contribution in [0.25, 0.3) is 6.08 Å². The molecule has 0 aromatic heterocycles. The van der Waals surface area contributed by atoms with Crippen molar-refractivity contribution in [2.45, 2.75) is 11.1 Å². The Morgan fingerprint density at radius 2 is 1.63 bits per heavy atom. The predicted molar refractivity (Wildman–Crippen MR) is 172 cm³/mol. The summed E-state index contributed by atoms with van der Waals surface area (Å²) in [5.41, 5.74) is -0.432. The Labute approximate surface area is 271 Å². The second kappa shape index (κ2) is 15.4. The standard InChI is InChI=1S/C33H27ClF3N3O5S/c1-44-24-12-14-29(45-2)21(15-24)16-28(40-31(42)20-7-4-3-5-8-20)32(43)38-23-9-6-10-25(18-23)46-19-30(41)39-27-13-11-22(34)17-26(27)33(35,36)37/h3-18H,19H2,1-2H3,(H,38,43)(H,39,41)(H,40,42)/b28-16+. The van der Waals surface area contributed by atoms with Gasteiger partial charge in [0.25, 0.3) is 11.8 Å². The van der Waals surface area contributed by atoms with E-state index in [0.717, 1.165) is 23.9 Å². The number of hydrogen-bond donors (Lipinski definition) is 3. The fourth-order valence-electron chi connectivity index (χ4n) is 4.11. The number of hydrogen-bond acceptors (Lipinski definition) is 6. The molecule has 4 rings (SSSR count). The van der Waals surface area contributed by atoms with Gasteiger partial charge in [-0.1, -0.05) is 35.9 Å². The molecule has 4 aromatic rings. The van der Waals surface area contributed by atoms with E-state index in [9.17, 15) is 27.6 Å². The van der Waals surface area contributed by atoms with Gasteiger partial charge in [0.1, 0.15) is 17.2 Å². The predicted octanol–water partition coefficient (Wildman–Crippen LogP) is 7.52. The molecule has 0 atom stereocenters. The second-order valence-corrected chi connectivity index (χ2v) is 11.0. The van der Waals surface area contributed by atoms with Gasteiger partial charge in [0.2, 0.25) is 5.91 Å². The first kappa shape index (κ1) is 33.9. The third-order valence-corrected chi connectivity index (χ3v) is 7.52. The molecule has 0 fully saturated rings. The average Bonchev–Trinajstić information content (AvgIpc) is 3.04. The summed E-state index contributed by atoms with van der Waals surface area (Å²) in [4.78, 5) is 39.6. The smallest absolute Gasteiger partial charge is 0.418 e. The van der Waals surface area contributed by atoms with Crippen LogP contribution in [-0.4, -0.2) is 37.7 Å². The molecule has 0 bridgehead atoms. The van der Waals surface area contributed by atoms with Crippen molar-refractivity contribution in [1.82, 2.24) is 5.32 Å². The molecule has 0 unspecified atom stereocenters. The molecule has 46 heavy (non-hydrogen) atoms. The zero-order chi connectivity index (χ0) is 33.3. The van der Waals surface area contributed by atoms with Crippen LogP contribution in [0, 0.1) is 0 Å².